The van der Waals surface area contributed by atoms with Crippen molar-refractivity contribution in [3.05, 3.63) is 0 Å². The average molecular weight is 346 g/mol. The lowest BCUT2D eigenvalue weighted by Gasteiger charge is -2.59. The van der Waals surface area contributed by atoms with Crippen molar-refractivity contribution in [2.45, 2.75) is 87.3 Å². The highest BCUT2D eigenvalue weighted by molar-refractivity contribution is 5.08. The van der Waals surface area contributed by atoms with E-state index in [0.717, 1.165) is 0 Å². The predicted octanol–water partition coefficient (Wildman–Crippen LogP) is -1.32. The fraction of sp³-hybridized carbons (Fsp3) is 1.00. The molecule has 3 aliphatic rings. The Bertz CT molecular complexity index is 468. The Balaban J connectivity index is 1.92. The van der Waals surface area contributed by atoms with Gasteiger partial charge in [0.05, 0.1) is 24.4 Å². The first-order chi connectivity index (χ1) is 11.3. The summed E-state index contributed by atoms with van der Waals surface area (Å²) in [4.78, 5) is 0. The lowest BCUT2D eigenvalue weighted by atomic mass is 9.78. The summed E-state index contributed by atoms with van der Waals surface area (Å²) in [6, 6.07) is -0.601. The molecule has 9 atom stereocenters. The van der Waals surface area contributed by atoms with E-state index in [-0.39, 0.29) is 24.7 Å². The first-order valence-corrected chi connectivity index (χ1v) is 8.75. The van der Waals surface area contributed by atoms with E-state index in [1.165, 1.54) is 0 Å². The van der Waals surface area contributed by atoms with E-state index in [1.54, 1.807) is 21.0 Å². The highest BCUT2D eigenvalue weighted by Gasteiger charge is 2.66. The van der Waals surface area contributed by atoms with Gasteiger partial charge in [-0.15, -0.1) is 0 Å². The van der Waals surface area contributed by atoms with Crippen molar-refractivity contribution in [3.8, 4) is 0 Å². The molecule has 1 saturated carbocycles. The minimum Gasteiger partial charge on any atom is -0.390 e. The lowest BCUT2D eigenvalue weighted by Crippen LogP contribution is -2.77. The van der Waals surface area contributed by atoms with Crippen LogP contribution < -0.4 is 10.6 Å². The Morgan fingerprint density at radius 2 is 1.88 bits per heavy atom. The standard InChI is InChI=1S/C16H30N2O6/c1-5-15(20)7-8(2)22-14-16(15,21)24-13-10(23-14)6-9(17-3)12(19)11(13)18-4/h8-14,17-21H,5-7H2,1-4H3/t8-,9?,10?,11?,12?,13?,14?,15?,16?/m1/s1. The van der Waals surface area contributed by atoms with Crippen molar-refractivity contribution < 1.29 is 29.5 Å². The molecule has 8 nitrogen and oxygen atoms in total. The highest BCUT2D eigenvalue weighted by atomic mass is 16.8. The summed E-state index contributed by atoms with van der Waals surface area (Å²) in [5, 5.41) is 38.8. The molecule has 0 aromatic heterocycles. The SMILES string of the molecule is CCC1(O)C[C@@H](C)OC2OC3CC(NC)C(O)C(NC)C3OC21O. The zero-order valence-electron chi connectivity index (χ0n) is 14.7. The molecule has 140 valence electrons. The monoisotopic (exact) mass is 346 g/mol. The molecule has 2 saturated heterocycles. The molecule has 5 N–H and O–H groups in total. The van der Waals surface area contributed by atoms with Crippen LogP contribution in [0.15, 0.2) is 0 Å². The van der Waals surface area contributed by atoms with Crippen molar-refractivity contribution in [2.24, 2.45) is 0 Å². The molecule has 8 heteroatoms. The normalized spacial score (nSPS) is 54.9. The summed E-state index contributed by atoms with van der Waals surface area (Å²) in [6.07, 6.45) is -1.89. The molecule has 0 amide bonds. The van der Waals surface area contributed by atoms with E-state index >= 15 is 0 Å². The van der Waals surface area contributed by atoms with Gasteiger partial charge >= 0.3 is 0 Å². The maximum absolute atomic E-state index is 11.1. The van der Waals surface area contributed by atoms with Gasteiger partial charge < -0.3 is 40.2 Å². The zero-order valence-corrected chi connectivity index (χ0v) is 14.7. The van der Waals surface area contributed by atoms with E-state index in [4.69, 9.17) is 14.2 Å². The molecule has 0 bridgehead atoms. The number of aliphatic hydroxyl groups is 3. The zero-order chi connectivity index (χ0) is 17.7. The molecule has 0 aromatic carbocycles. The molecule has 0 radical (unpaired) electrons. The minimum absolute atomic E-state index is 0.162. The Labute approximate surface area is 142 Å². The molecule has 0 spiro atoms. The van der Waals surface area contributed by atoms with Crippen LogP contribution in [0.4, 0.5) is 0 Å². The van der Waals surface area contributed by atoms with Gasteiger partial charge in [-0.1, -0.05) is 6.92 Å². The van der Waals surface area contributed by atoms with Crippen molar-refractivity contribution in [2.75, 3.05) is 14.1 Å². The van der Waals surface area contributed by atoms with Crippen molar-refractivity contribution >= 4 is 0 Å². The van der Waals surface area contributed by atoms with Gasteiger partial charge in [-0.25, -0.2) is 0 Å². The highest BCUT2D eigenvalue weighted by Crippen LogP contribution is 2.47. The first-order valence-electron chi connectivity index (χ1n) is 8.75. The summed E-state index contributed by atoms with van der Waals surface area (Å²) < 4.78 is 17.8. The smallest absolute Gasteiger partial charge is 0.248 e. The maximum atomic E-state index is 11.1. The number of likely N-dealkylation sites (N-methyl/N-ethyl adjacent to an activating group) is 2. The molecule has 2 heterocycles. The molecular formula is C16H30N2O6. The molecule has 24 heavy (non-hydrogen) atoms. The summed E-state index contributed by atoms with van der Waals surface area (Å²) in [5.41, 5.74) is -1.47. The average Bonchev–Trinajstić information content (AvgIpc) is 2.54. The van der Waals surface area contributed by atoms with Gasteiger partial charge in [0.2, 0.25) is 12.1 Å². The number of nitrogens with one attached hydrogen (secondary N) is 2. The fourth-order valence-corrected chi connectivity index (χ4v) is 4.35. The van der Waals surface area contributed by atoms with Crippen LogP contribution in [-0.4, -0.2) is 83.6 Å². The van der Waals surface area contributed by atoms with Gasteiger partial charge in [0.1, 0.15) is 11.7 Å². The second-order valence-corrected chi connectivity index (χ2v) is 7.26. The number of hydrogen-bond acceptors (Lipinski definition) is 8. The summed E-state index contributed by atoms with van der Waals surface area (Å²) in [5.74, 6) is -1.96. The fourth-order valence-electron chi connectivity index (χ4n) is 4.35. The van der Waals surface area contributed by atoms with Gasteiger partial charge in [-0.05, 0) is 33.9 Å². The Morgan fingerprint density at radius 3 is 2.46 bits per heavy atom. The van der Waals surface area contributed by atoms with E-state index in [2.05, 4.69) is 10.6 Å². The second-order valence-electron chi connectivity index (χ2n) is 7.26. The maximum Gasteiger partial charge on any atom is 0.248 e. The van der Waals surface area contributed by atoms with Crippen LogP contribution in [0.25, 0.3) is 0 Å². The van der Waals surface area contributed by atoms with Crippen molar-refractivity contribution in [1.29, 1.82) is 0 Å². The van der Waals surface area contributed by atoms with E-state index in [1.807, 2.05) is 6.92 Å². The van der Waals surface area contributed by atoms with E-state index in [9.17, 15) is 15.3 Å². The number of rotatable bonds is 3. The van der Waals surface area contributed by atoms with Gasteiger partial charge in [0.15, 0.2) is 0 Å². The van der Waals surface area contributed by atoms with E-state index in [0.29, 0.717) is 12.8 Å². The van der Waals surface area contributed by atoms with Crippen molar-refractivity contribution in [1.82, 2.24) is 10.6 Å². The number of fused-ring (bicyclic) bond motifs is 2. The van der Waals surface area contributed by atoms with Gasteiger partial charge in [0, 0.05) is 12.5 Å². The molecule has 2 aliphatic heterocycles. The molecule has 3 fully saturated rings. The van der Waals surface area contributed by atoms with Crippen LogP contribution in [0.1, 0.15) is 33.1 Å². The Kier molecular flexibility index (Phi) is 4.96. The topological polar surface area (TPSA) is 112 Å². The third-order valence-electron chi connectivity index (χ3n) is 5.86. The van der Waals surface area contributed by atoms with Crippen LogP contribution in [0.3, 0.4) is 0 Å². The molecule has 3 rings (SSSR count). The van der Waals surface area contributed by atoms with Gasteiger partial charge in [-0.3, -0.25) is 0 Å². The van der Waals surface area contributed by atoms with Crippen LogP contribution >= 0.6 is 0 Å². The van der Waals surface area contributed by atoms with Crippen LogP contribution in [0.5, 0.6) is 0 Å². The Hall–Kier alpha value is -0.320. The largest absolute Gasteiger partial charge is 0.390 e. The Morgan fingerprint density at radius 1 is 1.17 bits per heavy atom. The third kappa shape index (κ3) is 2.60. The third-order valence-corrected chi connectivity index (χ3v) is 5.86. The molecule has 0 aromatic rings. The lowest BCUT2D eigenvalue weighted by molar-refractivity contribution is -0.478. The number of aliphatic hydroxyl groups excluding tert-OH is 1. The number of hydrogen-bond donors (Lipinski definition) is 5. The van der Waals surface area contributed by atoms with Crippen LogP contribution in [0, 0.1) is 0 Å². The van der Waals surface area contributed by atoms with Gasteiger partial charge in [-0.2, -0.15) is 0 Å². The minimum atomic E-state index is -1.96. The van der Waals surface area contributed by atoms with Gasteiger partial charge in [0.25, 0.3) is 0 Å². The number of ether oxygens (including phenoxy) is 3. The van der Waals surface area contributed by atoms with Crippen molar-refractivity contribution in [3.63, 3.8) is 0 Å². The van der Waals surface area contributed by atoms with Crippen LogP contribution in [-0.2, 0) is 14.2 Å². The quantitative estimate of drug-likeness (QED) is 0.428. The van der Waals surface area contributed by atoms with Crippen LogP contribution in [0.2, 0.25) is 0 Å². The first kappa shape index (κ1) is 18.5. The summed E-state index contributed by atoms with van der Waals surface area (Å²) >= 11 is 0. The predicted molar refractivity (Wildman–Crippen MR) is 85.2 cm³/mol. The molecule has 8 unspecified atom stereocenters. The molecular weight excluding hydrogens is 316 g/mol. The van der Waals surface area contributed by atoms with E-state index < -0.39 is 35.9 Å². The summed E-state index contributed by atoms with van der Waals surface area (Å²) in [7, 11) is 3.52. The second kappa shape index (κ2) is 6.44. The summed E-state index contributed by atoms with van der Waals surface area (Å²) in [6.45, 7) is 3.64. The molecule has 1 aliphatic carbocycles.